The van der Waals surface area contributed by atoms with Gasteiger partial charge in [0, 0.05) is 16.2 Å². The average Bonchev–Trinajstić information content (AvgIpc) is 2.40. The van der Waals surface area contributed by atoms with Crippen molar-refractivity contribution < 1.29 is 0 Å². The van der Waals surface area contributed by atoms with E-state index in [4.69, 9.17) is 0 Å². The number of rotatable bonds is 3. The normalized spacial score (nSPS) is 27.6. The van der Waals surface area contributed by atoms with Gasteiger partial charge in [-0.25, -0.2) is 0 Å². The van der Waals surface area contributed by atoms with Crippen LogP contribution >= 0.6 is 11.8 Å². The predicted octanol–water partition coefficient (Wildman–Crippen LogP) is 4.89. The van der Waals surface area contributed by atoms with Crippen molar-refractivity contribution in [3.63, 3.8) is 0 Å². The van der Waals surface area contributed by atoms with E-state index in [9.17, 15) is 0 Å². The maximum absolute atomic E-state index is 3.54. The molecule has 3 unspecified atom stereocenters. The number of hydrogen-bond acceptors (Lipinski definition) is 2. The fourth-order valence-corrected chi connectivity index (χ4v) is 4.58. The van der Waals surface area contributed by atoms with E-state index in [0.29, 0.717) is 16.7 Å². The molecule has 112 valence electrons. The zero-order valence-corrected chi connectivity index (χ0v) is 14.4. The van der Waals surface area contributed by atoms with E-state index >= 15 is 0 Å². The number of benzene rings is 1. The van der Waals surface area contributed by atoms with Crippen LogP contribution in [0.1, 0.15) is 45.6 Å². The van der Waals surface area contributed by atoms with Crippen molar-refractivity contribution in [2.75, 3.05) is 7.05 Å². The van der Waals surface area contributed by atoms with Crippen LogP contribution in [0.5, 0.6) is 0 Å². The van der Waals surface area contributed by atoms with Crippen LogP contribution in [0.4, 0.5) is 0 Å². The molecule has 0 amide bonds. The molecular formula is C18H29NS. The zero-order chi connectivity index (χ0) is 14.8. The number of nitrogens with one attached hydrogen (secondary N) is 1. The van der Waals surface area contributed by atoms with Crippen LogP contribution in [0, 0.1) is 18.3 Å². The van der Waals surface area contributed by atoms with Gasteiger partial charge in [0.1, 0.15) is 0 Å². The first kappa shape index (κ1) is 15.9. The Morgan fingerprint density at radius 3 is 2.30 bits per heavy atom. The second-order valence-electron chi connectivity index (χ2n) is 7.24. The Balaban J connectivity index is 2.07. The lowest BCUT2D eigenvalue weighted by Crippen LogP contribution is -2.43. The van der Waals surface area contributed by atoms with E-state index in [1.165, 1.54) is 29.7 Å². The van der Waals surface area contributed by atoms with Crippen LogP contribution in [-0.2, 0) is 0 Å². The van der Waals surface area contributed by atoms with Crippen molar-refractivity contribution in [2.45, 2.75) is 63.1 Å². The topological polar surface area (TPSA) is 12.0 Å². The van der Waals surface area contributed by atoms with Crippen molar-refractivity contribution in [2.24, 2.45) is 11.3 Å². The van der Waals surface area contributed by atoms with Gasteiger partial charge in [0.05, 0.1) is 0 Å². The largest absolute Gasteiger partial charge is 0.316 e. The Bertz CT molecular complexity index is 418. The van der Waals surface area contributed by atoms with Crippen molar-refractivity contribution in [3.8, 4) is 0 Å². The molecule has 1 aliphatic rings. The van der Waals surface area contributed by atoms with Gasteiger partial charge in [-0.2, -0.15) is 0 Å². The Morgan fingerprint density at radius 2 is 1.75 bits per heavy atom. The van der Waals surface area contributed by atoms with Crippen LogP contribution in [0.3, 0.4) is 0 Å². The molecule has 0 spiro atoms. The number of thioether (sulfide) groups is 1. The SMILES string of the molecule is CNC1CCC(C(C)(C)C)CC1Sc1ccc(C)cc1. The summed E-state index contributed by atoms with van der Waals surface area (Å²) >= 11 is 2.06. The van der Waals surface area contributed by atoms with Crippen LogP contribution in [-0.4, -0.2) is 18.3 Å². The Kier molecular flexibility index (Phi) is 5.19. The second-order valence-corrected chi connectivity index (χ2v) is 8.55. The van der Waals surface area contributed by atoms with E-state index in [1.807, 2.05) is 0 Å². The van der Waals surface area contributed by atoms with Crippen LogP contribution in [0.15, 0.2) is 29.2 Å². The Hall–Kier alpha value is -0.470. The van der Waals surface area contributed by atoms with Gasteiger partial charge in [-0.15, -0.1) is 11.8 Å². The summed E-state index contributed by atoms with van der Waals surface area (Å²) in [5.41, 5.74) is 1.78. The molecule has 3 atom stereocenters. The van der Waals surface area contributed by atoms with E-state index in [1.54, 1.807) is 0 Å². The summed E-state index contributed by atoms with van der Waals surface area (Å²) in [4.78, 5) is 1.41. The molecule has 1 aromatic carbocycles. The fourth-order valence-electron chi connectivity index (χ4n) is 3.17. The van der Waals surface area contributed by atoms with Crippen LogP contribution < -0.4 is 5.32 Å². The van der Waals surface area contributed by atoms with Gasteiger partial charge in [0.2, 0.25) is 0 Å². The van der Waals surface area contributed by atoms with Gasteiger partial charge in [0.25, 0.3) is 0 Å². The van der Waals surface area contributed by atoms with E-state index in [2.05, 4.69) is 76.1 Å². The van der Waals surface area contributed by atoms with Gasteiger partial charge in [-0.05, 0) is 56.7 Å². The molecule has 1 N–H and O–H groups in total. The number of aryl methyl sites for hydroxylation is 1. The second kappa shape index (κ2) is 6.53. The van der Waals surface area contributed by atoms with E-state index in [0.717, 1.165) is 5.92 Å². The number of hydrogen-bond donors (Lipinski definition) is 1. The molecule has 1 nitrogen and oxygen atoms in total. The average molecular weight is 292 g/mol. The highest BCUT2D eigenvalue weighted by Crippen LogP contribution is 2.43. The van der Waals surface area contributed by atoms with Crippen molar-refractivity contribution in [3.05, 3.63) is 29.8 Å². The molecule has 1 saturated carbocycles. The highest BCUT2D eigenvalue weighted by atomic mass is 32.2. The molecule has 0 aromatic heterocycles. The molecule has 1 aromatic rings. The molecule has 2 rings (SSSR count). The first-order chi connectivity index (χ1) is 9.40. The highest BCUT2D eigenvalue weighted by Gasteiger charge is 2.35. The summed E-state index contributed by atoms with van der Waals surface area (Å²) in [6.45, 7) is 9.34. The molecule has 0 bridgehead atoms. The molecule has 1 fully saturated rings. The third kappa shape index (κ3) is 4.02. The molecular weight excluding hydrogens is 262 g/mol. The van der Waals surface area contributed by atoms with Crippen molar-refractivity contribution in [1.82, 2.24) is 5.32 Å². The molecule has 20 heavy (non-hydrogen) atoms. The van der Waals surface area contributed by atoms with Gasteiger partial charge in [0.15, 0.2) is 0 Å². The molecule has 0 heterocycles. The Labute approximate surface area is 128 Å². The first-order valence-electron chi connectivity index (χ1n) is 7.80. The summed E-state index contributed by atoms with van der Waals surface area (Å²) in [6.07, 6.45) is 4.00. The standard InChI is InChI=1S/C18H29NS/c1-13-6-9-15(10-7-13)20-17-12-14(18(2,3)4)8-11-16(17)19-5/h6-7,9-10,14,16-17,19H,8,11-12H2,1-5H3. The summed E-state index contributed by atoms with van der Waals surface area (Å²) in [6, 6.07) is 9.64. The third-order valence-corrected chi connectivity index (χ3v) is 6.06. The zero-order valence-electron chi connectivity index (χ0n) is 13.6. The maximum atomic E-state index is 3.54. The van der Waals surface area contributed by atoms with Gasteiger partial charge in [-0.1, -0.05) is 38.5 Å². The quantitative estimate of drug-likeness (QED) is 0.851. The molecule has 0 aliphatic heterocycles. The smallest absolute Gasteiger partial charge is 0.0251 e. The van der Waals surface area contributed by atoms with Crippen LogP contribution in [0.2, 0.25) is 0 Å². The molecule has 0 saturated heterocycles. The summed E-state index contributed by atoms with van der Waals surface area (Å²) in [7, 11) is 2.12. The van der Waals surface area contributed by atoms with E-state index in [-0.39, 0.29) is 0 Å². The molecule has 2 heteroatoms. The van der Waals surface area contributed by atoms with Crippen molar-refractivity contribution in [1.29, 1.82) is 0 Å². The minimum atomic E-state index is 0.435. The monoisotopic (exact) mass is 291 g/mol. The summed E-state index contributed by atoms with van der Waals surface area (Å²) in [5.74, 6) is 0.843. The minimum Gasteiger partial charge on any atom is -0.316 e. The minimum absolute atomic E-state index is 0.435. The lowest BCUT2D eigenvalue weighted by Gasteiger charge is -2.41. The van der Waals surface area contributed by atoms with E-state index < -0.39 is 0 Å². The first-order valence-corrected chi connectivity index (χ1v) is 8.68. The fraction of sp³-hybridized carbons (Fsp3) is 0.667. The van der Waals surface area contributed by atoms with Gasteiger partial charge >= 0.3 is 0 Å². The molecule has 0 radical (unpaired) electrons. The predicted molar refractivity (Wildman–Crippen MR) is 90.5 cm³/mol. The van der Waals surface area contributed by atoms with Gasteiger partial charge < -0.3 is 5.32 Å². The lowest BCUT2D eigenvalue weighted by molar-refractivity contribution is 0.167. The summed E-state index contributed by atoms with van der Waals surface area (Å²) < 4.78 is 0. The van der Waals surface area contributed by atoms with Gasteiger partial charge in [-0.3, -0.25) is 0 Å². The van der Waals surface area contributed by atoms with Crippen molar-refractivity contribution >= 4 is 11.8 Å². The third-order valence-electron chi connectivity index (χ3n) is 4.70. The van der Waals surface area contributed by atoms with Crippen LogP contribution in [0.25, 0.3) is 0 Å². The lowest BCUT2D eigenvalue weighted by atomic mass is 9.71. The molecule has 1 aliphatic carbocycles. The Morgan fingerprint density at radius 1 is 1.10 bits per heavy atom. The summed E-state index contributed by atoms with van der Waals surface area (Å²) in [5, 5.41) is 4.23. The maximum Gasteiger partial charge on any atom is 0.0251 e. The highest BCUT2D eigenvalue weighted by molar-refractivity contribution is 8.00.